The number of rotatable bonds is 6. The van der Waals surface area contributed by atoms with Crippen molar-refractivity contribution in [3.63, 3.8) is 0 Å². The molecule has 0 aliphatic carbocycles. The largest absolute Gasteiger partial charge is 0.497 e. The van der Waals surface area contributed by atoms with Crippen molar-refractivity contribution in [2.75, 3.05) is 25.2 Å². The van der Waals surface area contributed by atoms with Crippen molar-refractivity contribution in [3.05, 3.63) is 42.0 Å². The summed E-state index contributed by atoms with van der Waals surface area (Å²) in [7, 11) is -1.47. The number of esters is 1. The van der Waals surface area contributed by atoms with E-state index in [1.807, 2.05) is 36.4 Å². The smallest absolute Gasteiger partial charge is 0.313 e. The van der Waals surface area contributed by atoms with Gasteiger partial charge in [-0.15, -0.1) is 0 Å². The fraction of sp³-hybridized carbons (Fsp3) is 0.400. The second-order valence-electron chi connectivity index (χ2n) is 6.97. The Hall–Kier alpha value is -2.61. The van der Waals surface area contributed by atoms with Crippen molar-refractivity contribution in [2.24, 2.45) is 0 Å². The Morgan fingerprint density at radius 1 is 1.18 bits per heavy atom. The maximum atomic E-state index is 12.3. The predicted octanol–water partition coefficient (Wildman–Crippen LogP) is 1.80. The molecule has 0 spiro atoms. The van der Waals surface area contributed by atoms with Crippen molar-refractivity contribution in [3.8, 4) is 5.75 Å². The number of methoxy groups -OCH3 is 1. The summed E-state index contributed by atoms with van der Waals surface area (Å²) in [5, 5.41) is 4.56. The molecule has 150 valence electrons. The molecule has 1 amide bonds. The van der Waals surface area contributed by atoms with Crippen LogP contribution in [0, 0.1) is 0 Å². The number of ether oxygens (including phenoxy) is 2. The first-order chi connectivity index (χ1) is 13.3. The molecule has 0 saturated carbocycles. The van der Waals surface area contributed by atoms with Gasteiger partial charge >= 0.3 is 5.97 Å². The highest BCUT2D eigenvalue weighted by molar-refractivity contribution is 7.91. The minimum Gasteiger partial charge on any atom is -0.497 e. The topological polar surface area (TPSA) is 98.8 Å². The number of sulfone groups is 1. The van der Waals surface area contributed by atoms with Crippen molar-refractivity contribution in [1.82, 2.24) is 5.32 Å². The Kier molecular flexibility index (Phi) is 5.88. The fourth-order valence-electron chi connectivity index (χ4n) is 3.21. The SMILES string of the molecule is COc1ccc2cc([C@H](C)C(=O)OCC(=O)N[C@@H]3CCS(=O)(=O)C3)ccc2c1. The van der Waals surface area contributed by atoms with Crippen LogP contribution >= 0.6 is 0 Å². The van der Waals surface area contributed by atoms with Crippen molar-refractivity contribution in [1.29, 1.82) is 0 Å². The molecule has 1 fully saturated rings. The van der Waals surface area contributed by atoms with E-state index in [0.29, 0.717) is 6.42 Å². The molecule has 0 unspecified atom stereocenters. The monoisotopic (exact) mass is 405 g/mol. The number of nitrogens with one attached hydrogen (secondary N) is 1. The van der Waals surface area contributed by atoms with Crippen LogP contribution in [0.15, 0.2) is 36.4 Å². The summed E-state index contributed by atoms with van der Waals surface area (Å²) in [6.07, 6.45) is 0.389. The van der Waals surface area contributed by atoms with Crippen LogP contribution in [0.2, 0.25) is 0 Å². The van der Waals surface area contributed by atoms with E-state index in [4.69, 9.17) is 9.47 Å². The Balaban J connectivity index is 1.56. The highest BCUT2D eigenvalue weighted by Gasteiger charge is 2.29. The predicted molar refractivity (Wildman–Crippen MR) is 105 cm³/mol. The van der Waals surface area contributed by atoms with Crippen molar-refractivity contribution < 1.29 is 27.5 Å². The summed E-state index contributed by atoms with van der Waals surface area (Å²) in [6.45, 7) is 1.29. The summed E-state index contributed by atoms with van der Waals surface area (Å²) >= 11 is 0. The summed E-state index contributed by atoms with van der Waals surface area (Å²) in [6, 6.07) is 10.9. The van der Waals surface area contributed by atoms with E-state index in [-0.39, 0.29) is 11.5 Å². The van der Waals surface area contributed by atoms with Gasteiger partial charge in [0.15, 0.2) is 16.4 Å². The van der Waals surface area contributed by atoms with Crippen LogP contribution in [0.3, 0.4) is 0 Å². The molecular formula is C20H23NO6S. The second kappa shape index (κ2) is 8.18. The zero-order valence-electron chi connectivity index (χ0n) is 15.8. The minimum atomic E-state index is -3.07. The maximum absolute atomic E-state index is 12.3. The molecule has 28 heavy (non-hydrogen) atoms. The lowest BCUT2D eigenvalue weighted by Gasteiger charge is -2.14. The Bertz CT molecular complexity index is 1000. The molecule has 1 heterocycles. The number of carbonyl (C=O) groups is 2. The van der Waals surface area contributed by atoms with Gasteiger partial charge in [-0.3, -0.25) is 9.59 Å². The zero-order chi connectivity index (χ0) is 20.3. The summed E-state index contributed by atoms with van der Waals surface area (Å²) in [5.74, 6) is -0.775. The lowest BCUT2D eigenvalue weighted by Crippen LogP contribution is -2.38. The average Bonchev–Trinajstić information content (AvgIpc) is 3.02. The van der Waals surface area contributed by atoms with Crippen LogP contribution < -0.4 is 10.1 Å². The number of hydrogen-bond acceptors (Lipinski definition) is 6. The van der Waals surface area contributed by atoms with Gasteiger partial charge in [-0.25, -0.2) is 8.42 Å². The standard InChI is InChI=1S/C20H23NO6S/c1-13(14-3-4-16-10-18(26-2)6-5-15(16)9-14)20(23)27-11-19(22)21-17-7-8-28(24,25)12-17/h3-6,9-10,13,17H,7-8,11-12H2,1-2H3,(H,21,22)/t13-,17+/m0/s1. The lowest BCUT2D eigenvalue weighted by atomic mass is 9.98. The zero-order valence-corrected chi connectivity index (χ0v) is 16.6. The molecule has 2 aromatic carbocycles. The molecule has 0 bridgehead atoms. The molecule has 1 aliphatic rings. The maximum Gasteiger partial charge on any atom is 0.313 e. The summed E-state index contributed by atoms with van der Waals surface area (Å²) in [5.41, 5.74) is 0.782. The normalized spacial score (nSPS) is 19.1. The molecule has 1 N–H and O–H groups in total. The first kappa shape index (κ1) is 20.1. The van der Waals surface area contributed by atoms with Crippen LogP contribution in [0.5, 0.6) is 5.75 Å². The molecule has 2 atom stereocenters. The van der Waals surface area contributed by atoms with E-state index in [0.717, 1.165) is 22.1 Å². The van der Waals surface area contributed by atoms with Gasteiger partial charge in [-0.2, -0.15) is 0 Å². The highest BCUT2D eigenvalue weighted by atomic mass is 32.2. The molecule has 0 aromatic heterocycles. The Morgan fingerprint density at radius 3 is 2.57 bits per heavy atom. The first-order valence-corrected chi connectivity index (χ1v) is 10.8. The molecule has 0 radical (unpaired) electrons. The third-order valence-electron chi connectivity index (χ3n) is 4.87. The van der Waals surface area contributed by atoms with Gasteiger partial charge in [-0.1, -0.05) is 24.3 Å². The lowest BCUT2D eigenvalue weighted by molar-refractivity contribution is -0.149. The molecule has 8 heteroatoms. The molecule has 1 aliphatic heterocycles. The fourth-order valence-corrected chi connectivity index (χ4v) is 4.89. The van der Waals surface area contributed by atoms with Gasteiger partial charge in [-0.05, 0) is 41.8 Å². The van der Waals surface area contributed by atoms with Gasteiger partial charge in [0.25, 0.3) is 5.91 Å². The van der Waals surface area contributed by atoms with Crippen molar-refractivity contribution >= 4 is 32.5 Å². The minimum absolute atomic E-state index is 0.0645. The first-order valence-electron chi connectivity index (χ1n) is 9.01. The van der Waals surface area contributed by atoms with Gasteiger partial charge in [0.2, 0.25) is 0 Å². The van der Waals surface area contributed by atoms with E-state index >= 15 is 0 Å². The third kappa shape index (κ3) is 4.81. The van der Waals surface area contributed by atoms with Gasteiger partial charge < -0.3 is 14.8 Å². The number of amides is 1. The Labute approximate surface area is 163 Å². The summed E-state index contributed by atoms with van der Waals surface area (Å²) < 4.78 is 33.2. The Morgan fingerprint density at radius 2 is 1.89 bits per heavy atom. The average molecular weight is 405 g/mol. The van der Waals surface area contributed by atoms with E-state index in [9.17, 15) is 18.0 Å². The van der Waals surface area contributed by atoms with E-state index in [1.54, 1.807) is 14.0 Å². The highest BCUT2D eigenvalue weighted by Crippen LogP contribution is 2.25. The molecular weight excluding hydrogens is 382 g/mol. The molecule has 3 rings (SSSR count). The van der Waals surface area contributed by atoms with Gasteiger partial charge in [0.1, 0.15) is 5.75 Å². The molecule has 1 saturated heterocycles. The summed E-state index contributed by atoms with van der Waals surface area (Å²) in [4.78, 5) is 24.2. The van der Waals surface area contributed by atoms with Crippen LogP contribution in [0.25, 0.3) is 10.8 Å². The van der Waals surface area contributed by atoms with Crippen LogP contribution in [-0.2, 0) is 24.2 Å². The third-order valence-corrected chi connectivity index (χ3v) is 6.64. The quantitative estimate of drug-likeness (QED) is 0.736. The van der Waals surface area contributed by atoms with Crippen LogP contribution in [0.1, 0.15) is 24.8 Å². The number of fused-ring (bicyclic) bond motifs is 1. The molecule has 7 nitrogen and oxygen atoms in total. The van der Waals surface area contributed by atoms with E-state index < -0.39 is 40.3 Å². The number of benzene rings is 2. The number of hydrogen-bond donors (Lipinski definition) is 1. The second-order valence-corrected chi connectivity index (χ2v) is 9.20. The van der Waals surface area contributed by atoms with E-state index in [2.05, 4.69) is 5.32 Å². The van der Waals surface area contributed by atoms with Crippen LogP contribution in [-0.4, -0.2) is 51.6 Å². The van der Waals surface area contributed by atoms with Crippen molar-refractivity contribution in [2.45, 2.75) is 25.3 Å². The number of carbonyl (C=O) groups excluding carboxylic acids is 2. The van der Waals surface area contributed by atoms with Gasteiger partial charge in [0, 0.05) is 6.04 Å². The molecule has 2 aromatic rings. The van der Waals surface area contributed by atoms with Crippen LogP contribution in [0.4, 0.5) is 0 Å². The van der Waals surface area contributed by atoms with Gasteiger partial charge in [0.05, 0.1) is 24.5 Å². The van der Waals surface area contributed by atoms with E-state index in [1.165, 1.54) is 0 Å².